The van der Waals surface area contributed by atoms with Crippen LogP contribution in [0.4, 0.5) is 0 Å². The Hall–Kier alpha value is -1.40. The highest BCUT2D eigenvalue weighted by molar-refractivity contribution is 7.89. The second kappa shape index (κ2) is 5.97. The van der Waals surface area contributed by atoms with Crippen molar-refractivity contribution in [1.82, 2.24) is 4.72 Å². The van der Waals surface area contributed by atoms with Crippen LogP contribution in [0.3, 0.4) is 0 Å². The molecule has 100 valence electrons. The number of carboxylic acids is 1. The van der Waals surface area contributed by atoms with E-state index in [1.54, 1.807) is 32.0 Å². The van der Waals surface area contributed by atoms with Gasteiger partial charge in [-0.05, 0) is 18.1 Å². The van der Waals surface area contributed by atoms with Gasteiger partial charge >= 0.3 is 0 Å². The number of hydrogen-bond acceptors (Lipinski definition) is 4. The molecular weight excluding hydrogens is 254 g/mol. The minimum Gasteiger partial charge on any atom is -0.548 e. The van der Waals surface area contributed by atoms with Crippen LogP contribution in [0, 0.1) is 5.92 Å². The minimum atomic E-state index is -3.83. The minimum absolute atomic E-state index is 0.0413. The molecule has 0 amide bonds. The molecule has 18 heavy (non-hydrogen) atoms. The summed E-state index contributed by atoms with van der Waals surface area (Å²) < 4.78 is 26.1. The fourth-order valence-electron chi connectivity index (χ4n) is 1.47. The standard InChI is InChI=1S/C12H17NO4S/c1-3-9(2)11(12(14)15)13-18(16,17)10-7-5-4-6-8-10/h4-9,11,13H,3H2,1-2H3,(H,14,15)/p-1/t9-,11-/m0/s1. The highest BCUT2D eigenvalue weighted by atomic mass is 32.2. The average Bonchev–Trinajstić information content (AvgIpc) is 2.36. The van der Waals surface area contributed by atoms with E-state index in [0.717, 1.165) is 0 Å². The number of rotatable bonds is 6. The van der Waals surface area contributed by atoms with E-state index in [1.807, 2.05) is 0 Å². The molecule has 0 unspecified atom stereocenters. The van der Waals surface area contributed by atoms with Crippen LogP contribution < -0.4 is 9.83 Å². The van der Waals surface area contributed by atoms with Crippen LogP contribution >= 0.6 is 0 Å². The first-order chi connectivity index (χ1) is 8.38. The number of nitrogens with one attached hydrogen (secondary N) is 1. The Morgan fingerprint density at radius 2 is 1.89 bits per heavy atom. The second-order valence-corrected chi connectivity index (χ2v) is 5.83. The molecule has 0 spiro atoms. The molecule has 0 saturated carbocycles. The van der Waals surface area contributed by atoms with Crippen molar-refractivity contribution in [2.45, 2.75) is 31.2 Å². The summed E-state index contributed by atoms with van der Waals surface area (Å²) in [6, 6.07) is 6.43. The quantitative estimate of drug-likeness (QED) is 0.796. The maximum absolute atomic E-state index is 12.0. The summed E-state index contributed by atoms with van der Waals surface area (Å²) in [5.41, 5.74) is 0. The normalized spacial score (nSPS) is 15.0. The summed E-state index contributed by atoms with van der Waals surface area (Å²) >= 11 is 0. The Morgan fingerprint density at radius 1 is 1.33 bits per heavy atom. The van der Waals surface area contributed by atoms with Crippen molar-refractivity contribution in [3.63, 3.8) is 0 Å². The van der Waals surface area contributed by atoms with E-state index in [-0.39, 0.29) is 10.8 Å². The van der Waals surface area contributed by atoms with Crippen LogP contribution in [0.2, 0.25) is 0 Å². The number of sulfonamides is 1. The van der Waals surface area contributed by atoms with Crippen LogP contribution in [0.5, 0.6) is 0 Å². The van der Waals surface area contributed by atoms with Crippen molar-refractivity contribution < 1.29 is 18.3 Å². The average molecular weight is 270 g/mol. The van der Waals surface area contributed by atoms with Gasteiger partial charge in [-0.1, -0.05) is 38.5 Å². The first kappa shape index (κ1) is 14.7. The Balaban J connectivity index is 2.97. The molecule has 5 nitrogen and oxygen atoms in total. The van der Waals surface area contributed by atoms with Crippen molar-refractivity contribution in [3.05, 3.63) is 30.3 Å². The van der Waals surface area contributed by atoms with Gasteiger partial charge in [-0.15, -0.1) is 0 Å². The molecule has 0 aromatic heterocycles. The van der Waals surface area contributed by atoms with Crippen molar-refractivity contribution in [2.75, 3.05) is 0 Å². The highest BCUT2D eigenvalue weighted by Crippen LogP contribution is 2.13. The summed E-state index contributed by atoms with van der Waals surface area (Å²) in [6.07, 6.45) is 0.538. The van der Waals surface area contributed by atoms with Gasteiger partial charge in [0.05, 0.1) is 16.9 Å². The van der Waals surface area contributed by atoms with Crippen LogP contribution in [0.1, 0.15) is 20.3 Å². The monoisotopic (exact) mass is 270 g/mol. The number of hydrogen-bond donors (Lipinski definition) is 1. The fourth-order valence-corrected chi connectivity index (χ4v) is 2.78. The summed E-state index contributed by atoms with van der Waals surface area (Å²) in [6.45, 7) is 3.45. The van der Waals surface area contributed by atoms with Crippen molar-refractivity contribution in [2.24, 2.45) is 5.92 Å². The van der Waals surface area contributed by atoms with Gasteiger partial charge < -0.3 is 9.90 Å². The third kappa shape index (κ3) is 3.54. The van der Waals surface area contributed by atoms with Crippen molar-refractivity contribution in [1.29, 1.82) is 0 Å². The number of carboxylic acid groups (broad SMARTS) is 1. The van der Waals surface area contributed by atoms with E-state index in [4.69, 9.17) is 0 Å². The molecule has 0 heterocycles. The lowest BCUT2D eigenvalue weighted by Gasteiger charge is -2.24. The zero-order chi connectivity index (χ0) is 13.8. The molecule has 1 aromatic rings. The maximum Gasteiger partial charge on any atom is 0.241 e. The highest BCUT2D eigenvalue weighted by Gasteiger charge is 2.24. The smallest absolute Gasteiger partial charge is 0.241 e. The molecule has 0 bridgehead atoms. The fraction of sp³-hybridized carbons (Fsp3) is 0.417. The van der Waals surface area contributed by atoms with Crippen LogP contribution in [-0.4, -0.2) is 20.4 Å². The van der Waals surface area contributed by atoms with Gasteiger partial charge in [-0.2, -0.15) is 0 Å². The predicted molar refractivity (Wildman–Crippen MR) is 65.0 cm³/mol. The molecule has 0 saturated heterocycles. The molecule has 1 rings (SSSR count). The van der Waals surface area contributed by atoms with E-state index in [9.17, 15) is 18.3 Å². The first-order valence-corrected chi connectivity index (χ1v) is 7.15. The third-order valence-corrected chi connectivity index (χ3v) is 4.26. The second-order valence-electron chi connectivity index (χ2n) is 4.12. The van der Waals surface area contributed by atoms with Gasteiger partial charge in [-0.3, -0.25) is 0 Å². The Labute approximate surface area is 107 Å². The topological polar surface area (TPSA) is 86.3 Å². The van der Waals surface area contributed by atoms with Crippen LogP contribution in [0.15, 0.2) is 35.2 Å². The number of benzene rings is 1. The van der Waals surface area contributed by atoms with Gasteiger partial charge in [0.2, 0.25) is 10.0 Å². The number of carbonyl (C=O) groups excluding carboxylic acids is 1. The molecule has 0 aliphatic rings. The molecule has 0 fully saturated rings. The zero-order valence-corrected chi connectivity index (χ0v) is 11.1. The number of carbonyl (C=O) groups is 1. The zero-order valence-electron chi connectivity index (χ0n) is 10.3. The van der Waals surface area contributed by atoms with Crippen LogP contribution in [-0.2, 0) is 14.8 Å². The largest absolute Gasteiger partial charge is 0.548 e. The van der Waals surface area contributed by atoms with Gasteiger partial charge in [0, 0.05) is 0 Å². The van der Waals surface area contributed by atoms with Crippen molar-refractivity contribution >= 4 is 16.0 Å². The SMILES string of the molecule is CC[C@H](C)[C@H](NS(=O)(=O)c1ccccc1)C(=O)[O-]. The van der Waals surface area contributed by atoms with E-state index in [0.29, 0.717) is 6.42 Å². The molecule has 0 aliphatic carbocycles. The van der Waals surface area contributed by atoms with E-state index in [2.05, 4.69) is 4.72 Å². The lowest BCUT2D eigenvalue weighted by molar-refractivity contribution is -0.309. The molecule has 0 radical (unpaired) electrons. The maximum atomic E-state index is 12.0. The summed E-state index contributed by atoms with van der Waals surface area (Å²) in [7, 11) is -3.83. The molecule has 1 N–H and O–H groups in total. The Morgan fingerprint density at radius 3 is 2.33 bits per heavy atom. The lowest BCUT2D eigenvalue weighted by atomic mass is 10.0. The Bertz CT molecular complexity index is 498. The summed E-state index contributed by atoms with van der Waals surface area (Å²) in [5.74, 6) is -1.75. The van der Waals surface area contributed by atoms with Gasteiger partial charge in [-0.25, -0.2) is 13.1 Å². The molecule has 1 aromatic carbocycles. The molecule has 6 heteroatoms. The summed E-state index contributed by atoms with van der Waals surface area (Å²) in [5, 5.41) is 11.0. The van der Waals surface area contributed by atoms with E-state index in [1.165, 1.54) is 12.1 Å². The van der Waals surface area contributed by atoms with Crippen molar-refractivity contribution in [3.8, 4) is 0 Å². The summed E-state index contributed by atoms with van der Waals surface area (Å²) in [4.78, 5) is 11.0. The van der Waals surface area contributed by atoms with Gasteiger partial charge in [0.1, 0.15) is 0 Å². The van der Waals surface area contributed by atoms with E-state index >= 15 is 0 Å². The molecule has 2 atom stereocenters. The number of aliphatic carboxylic acids is 1. The first-order valence-electron chi connectivity index (χ1n) is 5.66. The van der Waals surface area contributed by atoms with Crippen LogP contribution in [0.25, 0.3) is 0 Å². The van der Waals surface area contributed by atoms with Gasteiger partial charge in [0.25, 0.3) is 0 Å². The Kier molecular flexibility index (Phi) is 4.86. The third-order valence-electron chi connectivity index (χ3n) is 2.80. The van der Waals surface area contributed by atoms with Gasteiger partial charge in [0.15, 0.2) is 0 Å². The molecular formula is C12H16NO4S-. The van der Waals surface area contributed by atoms with E-state index < -0.39 is 22.0 Å². The lowest BCUT2D eigenvalue weighted by Crippen LogP contribution is -2.51. The predicted octanol–water partition coefficient (Wildman–Crippen LogP) is 0.130. The molecule has 0 aliphatic heterocycles.